The molecule has 0 aromatic rings. The van der Waals surface area contributed by atoms with Crippen molar-refractivity contribution < 1.29 is 9.47 Å². The average Bonchev–Trinajstić information content (AvgIpc) is 2.67. The highest BCUT2D eigenvalue weighted by atomic mass is 16.7. The van der Waals surface area contributed by atoms with Gasteiger partial charge in [-0.25, -0.2) is 0 Å². The van der Waals surface area contributed by atoms with Crippen molar-refractivity contribution >= 4 is 0 Å². The fourth-order valence-corrected chi connectivity index (χ4v) is 2.47. The van der Waals surface area contributed by atoms with E-state index in [-0.39, 0.29) is 5.79 Å². The van der Waals surface area contributed by atoms with E-state index in [1.807, 2.05) is 0 Å². The lowest BCUT2D eigenvalue weighted by atomic mass is 10.0. The monoisotopic (exact) mass is 214 g/mol. The van der Waals surface area contributed by atoms with Crippen LogP contribution >= 0.6 is 0 Å². The Labute approximate surface area is 91.7 Å². The van der Waals surface area contributed by atoms with Crippen molar-refractivity contribution in [3.8, 4) is 0 Å². The number of hydrogen-bond donors (Lipinski definition) is 1. The SMILES string of the molecule is NCCCCN1CCCC2(C1)OCCO2. The largest absolute Gasteiger partial charge is 0.346 e. The van der Waals surface area contributed by atoms with Crippen LogP contribution in [0.5, 0.6) is 0 Å². The van der Waals surface area contributed by atoms with Gasteiger partial charge in [0.05, 0.1) is 19.8 Å². The predicted molar refractivity (Wildman–Crippen MR) is 58.6 cm³/mol. The van der Waals surface area contributed by atoms with Gasteiger partial charge in [0.25, 0.3) is 0 Å². The summed E-state index contributed by atoms with van der Waals surface area (Å²) in [6.45, 7) is 5.57. The topological polar surface area (TPSA) is 47.7 Å². The number of nitrogens with zero attached hydrogens (tertiary/aromatic N) is 1. The van der Waals surface area contributed by atoms with Crippen LogP contribution in [0.25, 0.3) is 0 Å². The second-order valence-corrected chi connectivity index (χ2v) is 4.48. The molecule has 2 aliphatic heterocycles. The van der Waals surface area contributed by atoms with Crippen LogP contribution in [-0.4, -0.2) is 50.1 Å². The lowest BCUT2D eigenvalue weighted by molar-refractivity contribution is -0.189. The van der Waals surface area contributed by atoms with E-state index in [0.29, 0.717) is 0 Å². The van der Waals surface area contributed by atoms with E-state index in [1.165, 1.54) is 19.4 Å². The van der Waals surface area contributed by atoms with Crippen LogP contribution in [0, 0.1) is 0 Å². The van der Waals surface area contributed by atoms with Crippen LogP contribution in [0.15, 0.2) is 0 Å². The van der Waals surface area contributed by atoms with Crippen LogP contribution < -0.4 is 5.73 Å². The Morgan fingerprint density at radius 1 is 1.20 bits per heavy atom. The van der Waals surface area contributed by atoms with Gasteiger partial charge in [-0.1, -0.05) is 0 Å². The molecule has 0 saturated carbocycles. The van der Waals surface area contributed by atoms with Gasteiger partial charge in [-0.05, 0) is 38.9 Å². The highest BCUT2D eigenvalue weighted by Crippen LogP contribution is 2.29. The summed E-state index contributed by atoms with van der Waals surface area (Å²) in [7, 11) is 0. The van der Waals surface area contributed by atoms with Crippen LogP contribution in [0.2, 0.25) is 0 Å². The molecule has 0 amide bonds. The zero-order valence-electron chi connectivity index (χ0n) is 9.41. The summed E-state index contributed by atoms with van der Waals surface area (Å²) < 4.78 is 11.5. The number of nitrogens with two attached hydrogens (primary N) is 1. The molecular formula is C11H22N2O2. The Hall–Kier alpha value is -0.160. The van der Waals surface area contributed by atoms with Gasteiger partial charge in [-0.2, -0.15) is 0 Å². The van der Waals surface area contributed by atoms with Gasteiger partial charge in [0.2, 0.25) is 0 Å². The van der Waals surface area contributed by atoms with E-state index >= 15 is 0 Å². The smallest absolute Gasteiger partial charge is 0.181 e. The van der Waals surface area contributed by atoms with Gasteiger partial charge in [-0.15, -0.1) is 0 Å². The van der Waals surface area contributed by atoms with E-state index in [1.54, 1.807) is 0 Å². The summed E-state index contributed by atoms with van der Waals surface area (Å²) in [5, 5.41) is 0. The number of unbranched alkanes of at least 4 members (excludes halogenated alkanes) is 1. The molecule has 2 heterocycles. The minimum atomic E-state index is -0.263. The van der Waals surface area contributed by atoms with Gasteiger partial charge in [0, 0.05) is 6.42 Å². The lowest BCUT2D eigenvalue weighted by Gasteiger charge is -2.38. The first-order chi connectivity index (χ1) is 7.35. The first kappa shape index (κ1) is 11.3. The van der Waals surface area contributed by atoms with Crippen molar-refractivity contribution in [1.82, 2.24) is 4.90 Å². The van der Waals surface area contributed by atoms with Crippen molar-refractivity contribution in [1.29, 1.82) is 0 Å². The second-order valence-electron chi connectivity index (χ2n) is 4.48. The molecule has 0 aliphatic carbocycles. The highest BCUT2D eigenvalue weighted by Gasteiger charge is 2.40. The number of hydrogen-bond acceptors (Lipinski definition) is 4. The third-order valence-corrected chi connectivity index (χ3v) is 3.24. The second kappa shape index (κ2) is 5.25. The molecule has 2 rings (SSSR count). The van der Waals surface area contributed by atoms with E-state index < -0.39 is 0 Å². The molecular weight excluding hydrogens is 192 g/mol. The van der Waals surface area contributed by atoms with Crippen LogP contribution in [0.4, 0.5) is 0 Å². The predicted octanol–water partition coefficient (Wildman–Crippen LogP) is 0.564. The number of rotatable bonds is 4. The maximum atomic E-state index is 5.73. The zero-order valence-corrected chi connectivity index (χ0v) is 9.41. The molecule has 0 bridgehead atoms. The number of ether oxygens (including phenoxy) is 2. The van der Waals surface area contributed by atoms with E-state index in [9.17, 15) is 0 Å². The molecule has 2 saturated heterocycles. The summed E-state index contributed by atoms with van der Waals surface area (Å²) >= 11 is 0. The quantitative estimate of drug-likeness (QED) is 0.695. The first-order valence-electron chi connectivity index (χ1n) is 6.05. The fourth-order valence-electron chi connectivity index (χ4n) is 2.47. The molecule has 88 valence electrons. The van der Waals surface area contributed by atoms with E-state index in [0.717, 1.165) is 45.7 Å². The maximum Gasteiger partial charge on any atom is 0.181 e. The Morgan fingerprint density at radius 3 is 2.73 bits per heavy atom. The molecule has 15 heavy (non-hydrogen) atoms. The zero-order chi connectivity index (χ0) is 10.6. The molecule has 2 aliphatic rings. The molecule has 0 aromatic carbocycles. The third-order valence-electron chi connectivity index (χ3n) is 3.24. The van der Waals surface area contributed by atoms with Crippen molar-refractivity contribution in [2.75, 3.05) is 39.4 Å². The summed E-state index contributed by atoms with van der Waals surface area (Å²) in [4.78, 5) is 2.45. The summed E-state index contributed by atoms with van der Waals surface area (Å²) in [6, 6.07) is 0. The van der Waals surface area contributed by atoms with E-state index in [2.05, 4.69) is 4.90 Å². The fraction of sp³-hybridized carbons (Fsp3) is 1.00. The molecule has 1 spiro atoms. The normalized spacial score (nSPS) is 26.2. The van der Waals surface area contributed by atoms with Crippen molar-refractivity contribution in [2.24, 2.45) is 5.73 Å². The molecule has 0 unspecified atom stereocenters. The molecule has 2 N–H and O–H groups in total. The van der Waals surface area contributed by atoms with Crippen LogP contribution in [-0.2, 0) is 9.47 Å². The number of likely N-dealkylation sites (tertiary alicyclic amines) is 1. The Kier molecular flexibility index (Phi) is 3.97. The minimum absolute atomic E-state index is 0.263. The van der Waals surface area contributed by atoms with Crippen molar-refractivity contribution in [3.05, 3.63) is 0 Å². The third kappa shape index (κ3) is 2.91. The Balaban J connectivity index is 1.76. The van der Waals surface area contributed by atoms with Gasteiger partial charge in [0.1, 0.15) is 0 Å². The van der Waals surface area contributed by atoms with Gasteiger partial charge in [-0.3, -0.25) is 4.90 Å². The minimum Gasteiger partial charge on any atom is -0.346 e. The van der Waals surface area contributed by atoms with Crippen molar-refractivity contribution in [2.45, 2.75) is 31.5 Å². The number of piperidine rings is 1. The lowest BCUT2D eigenvalue weighted by Crippen LogP contribution is -2.49. The summed E-state index contributed by atoms with van der Waals surface area (Å²) in [6.07, 6.45) is 4.54. The Bertz CT molecular complexity index is 193. The van der Waals surface area contributed by atoms with E-state index in [4.69, 9.17) is 15.2 Å². The summed E-state index contributed by atoms with van der Waals surface area (Å²) in [5.74, 6) is -0.263. The van der Waals surface area contributed by atoms with Gasteiger partial charge < -0.3 is 15.2 Å². The molecule has 0 aromatic heterocycles. The molecule has 4 heteroatoms. The average molecular weight is 214 g/mol. The molecule has 2 fully saturated rings. The molecule has 0 atom stereocenters. The molecule has 4 nitrogen and oxygen atoms in total. The standard InChI is InChI=1S/C11H22N2O2/c12-5-1-2-6-13-7-3-4-11(10-13)14-8-9-15-11/h1-10,12H2. The van der Waals surface area contributed by atoms with Gasteiger partial charge >= 0.3 is 0 Å². The summed E-state index contributed by atoms with van der Waals surface area (Å²) in [5.41, 5.74) is 5.49. The maximum absolute atomic E-state index is 5.73. The highest BCUT2D eigenvalue weighted by molar-refractivity contribution is 4.83. The van der Waals surface area contributed by atoms with Crippen LogP contribution in [0.1, 0.15) is 25.7 Å². The van der Waals surface area contributed by atoms with Crippen LogP contribution in [0.3, 0.4) is 0 Å². The Morgan fingerprint density at radius 2 is 2.00 bits per heavy atom. The van der Waals surface area contributed by atoms with Gasteiger partial charge in [0.15, 0.2) is 5.79 Å². The molecule has 0 radical (unpaired) electrons. The first-order valence-corrected chi connectivity index (χ1v) is 6.05. The van der Waals surface area contributed by atoms with Crippen molar-refractivity contribution in [3.63, 3.8) is 0 Å².